The Bertz CT molecular complexity index is 634. The van der Waals surface area contributed by atoms with E-state index < -0.39 is 0 Å². The summed E-state index contributed by atoms with van der Waals surface area (Å²) in [6.07, 6.45) is 6.93. The molecular formula is C19H24N2O2. The molecule has 4 rings (SSSR count). The Labute approximate surface area is 137 Å². The van der Waals surface area contributed by atoms with Gasteiger partial charge in [0.1, 0.15) is 0 Å². The fraction of sp³-hybridized carbons (Fsp3) is 0.579. The smallest absolute Gasteiger partial charge is 0.228 e. The molecule has 23 heavy (non-hydrogen) atoms. The molecule has 122 valence electrons. The van der Waals surface area contributed by atoms with Crippen molar-refractivity contribution < 1.29 is 9.59 Å². The molecule has 1 aliphatic carbocycles. The van der Waals surface area contributed by atoms with E-state index in [9.17, 15) is 9.59 Å². The van der Waals surface area contributed by atoms with Crippen LogP contribution in [-0.4, -0.2) is 36.3 Å². The molecule has 1 aromatic rings. The minimum Gasteiger partial charge on any atom is -0.342 e. The summed E-state index contributed by atoms with van der Waals surface area (Å²) in [5.41, 5.74) is 2.66. The van der Waals surface area contributed by atoms with Gasteiger partial charge in [-0.3, -0.25) is 9.59 Å². The van der Waals surface area contributed by atoms with Crippen LogP contribution in [0.3, 0.4) is 0 Å². The summed E-state index contributed by atoms with van der Waals surface area (Å²) in [7, 11) is 0. The molecule has 4 heteroatoms. The Balaban J connectivity index is 1.50. The van der Waals surface area contributed by atoms with Crippen LogP contribution in [0.5, 0.6) is 0 Å². The topological polar surface area (TPSA) is 40.6 Å². The van der Waals surface area contributed by atoms with Crippen LogP contribution in [0.4, 0.5) is 5.69 Å². The summed E-state index contributed by atoms with van der Waals surface area (Å²) in [5, 5.41) is 0. The van der Waals surface area contributed by atoms with E-state index in [-0.39, 0.29) is 17.2 Å². The molecule has 3 aliphatic rings. The van der Waals surface area contributed by atoms with Crippen molar-refractivity contribution in [2.75, 3.05) is 24.5 Å². The lowest BCUT2D eigenvalue weighted by molar-refractivity contribution is -0.128. The van der Waals surface area contributed by atoms with Crippen molar-refractivity contribution >= 4 is 17.5 Å². The number of rotatable bonds is 3. The van der Waals surface area contributed by atoms with Crippen molar-refractivity contribution in [3.05, 3.63) is 29.8 Å². The van der Waals surface area contributed by atoms with Gasteiger partial charge < -0.3 is 9.80 Å². The van der Waals surface area contributed by atoms with Crippen molar-refractivity contribution in [3.63, 3.8) is 0 Å². The summed E-state index contributed by atoms with van der Waals surface area (Å²) in [5.74, 6) is 0.368. The average molecular weight is 312 g/mol. The number of hydrogen-bond donors (Lipinski definition) is 0. The molecule has 0 radical (unpaired) electrons. The summed E-state index contributed by atoms with van der Waals surface area (Å²) in [6, 6.07) is 8.41. The third-order valence-corrected chi connectivity index (χ3v) is 5.86. The summed E-state index contributed by atoms with van der Waals surface area (Å²) in [4.78, 5) is 28.3. The lowest BCUT2D eigenvalue weighted by Gasteiger charge is -2.25. The number of nitrogens with zero attached hydrogens (tertiary/aromatic N) is 2. The van der Waals surface area contributed by atoms with Crippen LogP contribution in [0.25, 0.3) is 0 Å². The van der Waals surface area contributed by atoms with Crippen LogP contribution in [0.15, 0.2) is 24.3 Å². The predicted molar refractivity (Wildman–Crippen MR) is 89.4 cm³/mol. The first-order chi connectivity index (χ1) is 11.2. The number of benzene rings is 1. The second kappa shape index (κ2) is 5.66. The third kappa shape index (κ3) is 2.44. The molecule has 0 unspecified atom stereocenters. The Morgan fingerprint density at radius 3 is 2.65 bits per heavy atom. The monoisotopic (exact) mass is 312 g/mol. The van der Waals surface area contributed by atoms with Crippen molar-refractivity contribution in [3.8, 4) is 0 Å². The first kappa shape index (κ1) is 14.7. The lowest BCUT2D eigenvalue weighted by Crippen LogP contribution is -2.37. The van der Waals surface area contributed by atoms with Gasteiger partial charge in [0.25, 0.3) is 0 Å². The number of carbonyl (C=O) groups is 2. The highest BCUT2D eigenvalue weighted by molar-refractivity contribution is 5.96. The van der Waals surface area contributed by atoms with Crippen LogP contribution >= 0.6 is 0 Å². The number of likely N-dealkylation sites (tertiary alicyclic amines) is 1. The fourth-order valence-corrected chi connectivity index (χ4v) is 4.64. The largest absolute Gasteiger partial charge is 0.342 e. The van der Waals surface area contributed by atoms with Crippen LogP contribution in [0.2, 0.25) is 0 Å². The molecule has 0 aromatic heterocycles. The van der Waals surface area contributed by atoms with Crippen LogP contribution in [0.1, 0.15) is 50.5 Å². The molecule has 4 nitrogen and oxygen atoms in total. The first-order valence-corrected chi connectivity index (χ1v) is 8.87. The highest BCUT2D eigenvalue weighted by Crippen LogP contribution is 2.50. The molecule has 1 spiro atoms. The zero-order chi connectivity index (χ0) is 15.9. The average Bonchev–Trinajstić information content (AvgIpc) is 3.27. The van der Waals surface area contributed by atoms with E-state index in [1.165, 1.54) is 31.2 Å². The maximum atomic E-state index is 12.8. The fourth-order valence-electron chi connectivity index (χ4n) is 4.64. The standard InChI is InChI=1S/C19H24N2O2/c22-17-8-5-12-20(17)13-9-18(23)21-14-19(10-3-4-11-19)15-6-1-2-7-16(15)21/h1-2,6-7H,3-5,8-14H2. The van der Waals surface area contributed by atoms with Gasteiger partial charge in [0.05, 0.1) is 0 Å². The molecule has 1 aromatic carbocycles. The second-order valence-corrected chi connectivity index (χ2v) is 7.22. The van der Waals surface area contributed by atoms with Gasteiger partial charge in [0, 0.05) is 43.6 Å². The third-order valence-electron chi connectivity index (χ3n) is 5.86. The van der Waals surface area contributed by atoms with Gasteiger partial charge in [-0.1, -0.05) is 31.0 Å². The number of amides is 2. The number of fused-ring (bicyclic) bond motifs is 2. The maximum absolute atomic E-state index is 12.8. The highest BCUT2D eigenvalue weighted by atomic mass is 16.2. The van der Waals surface area contributed by atoms with Crippen molar-refractivity contribution in [2.24, 2.45) is 0 Å². The molecule has 2 heterocycles. The molecule has 1 saturated carbocycles. The number of para-hydroxylation sites is 1. The molecule has 0 bridgehead atoms. The van der Waals surface area contributed by atoms with Gasteiger partial charge in [-0.05, 0) is 30.9 Å². The Hall–Kier alpha value is -1.84. The van der Waals surface area contributed by atoms with Gasteiger partial charge in [-0.25, -0.2) is 0 Å². The van der Waals surface area contributed by atoms with Gasteiger partial charge in [-0.2, -0.15) is 0 Å². The van der Waals surface area contributed by atoms with Crippen LogP contribution < -0.4 is 4.90 Å². The number of carbonyl (C=O) groups excluding carboxylic acids is 2. The van der Waals surface area contributed by atoms with Gasteiger partial charge >= 0.3 is 0 Å². The Morgan fingerprint density at radius 1 is 1.13 bits per heavy atom. The van der Waals surface area contributed by atoms with E-state index in [1.54, 1.807) is 0 Å². The molecule has 2 fully saturated rings. The van der Waals surface area contributed by atoms with E-state index in [2.05, 4.69) is 18.2 Å². The van der Waals surface area contributed by atoms with E-state index in [0.717, 1.165) is 25.2 Å². The van der Waals surface area contributed by atoms with Gasteiger partial charge in [-0.15, -0.1) is 0 Å². The minimum atomic E-state index is 0.168. The van der Waals surface area contributed by atoms with Crippen molar-refractivity contribution in [2.45, 2.75) is 50.4 Å². The molecule has 1 saturated heterocycles. The van der Waals surface area contributed by atoms with Crippen LogP contribution in [-0.2, 0) is 15.0 Å². The van der Waals surface area contributed by atoms with Crippen molar-refractivity contribution in [1.82, 2.24) is 4.90 Å². The zero-order valence-electron chi connectivity index (χ0n) is 13.6. The van der Waals surface area contributed by atoms with Crippen LogP contribution in [0, 0.1) is 0 Å². The van der Waals surface area contributed by atoms with E-state index in [0.29, 0.717) is 19.4 Å². The second-order valence-electron chi connectivity index (χ2n) is 7.22. The number of hydrogen-bond acceptors (Lipinski definition) is 2. The molecular weight excluding hydrogens is 288 g/mol. The van der Waals surface area contributed by atoms with Gasteiger partial charge in [0.2, 0.25) is 11.8 Å². The van der Waals surface area contributed by atoms with E-state index >= 15 is 0 Å². The van der Waals surface area contributed by atoms with Gasteiger partial charge in [0.15, 0.2) is 0 Å². The quantitative estimate of drug-likeness (QED) is 0.861. The summed E-state index contributed by atoms with van der Waals surface area (Å²) in [6.45, 7) is 2.22. The van der Waals surface area contributed by atoms with E-state index in [4.69, 9.17) is 0 Å². The molecule has 0 atom stereocenters. The lowest BCUT2D eigenvalue weighted by atomic mass is 9.81. The number of anilines is 1. The SMILES string of the molecule is O=C1CCCN1CCC(=O)N1CC2(CCCC2)c2ccccc21. The molecule has 2 amide bonds. The zero-order valence-corrected chi connectivity index (χ0v) is 13.6. The first-order valence-electron chi connectivity index (χ1n) is 8.87. The Morgan fingerprint density at radius 2 is 1.91 bits per heavy atom. The minimum absolute atomic E-state index is 0.168. The molecule has 2 aliphatic heterocycles. The van der Waals surface area contributed by atoms with Crippen molar-refractivity contribution in [1.29, 1.82) is 0 Å². The normalized spacial score (nSPS) is 22.2. The predicted octanol–water partition coefficient (Wildman–Crippen LogP) is 2.86. The Kier molecular flexibility index (Phi) is 3.63. The van der Waals surface area contributed by atoms with E-state index in [1.807, 2.05) is 15.9 Å². The maximum Gasteiger partial charge on any atom is 0.228 e. The highest BCUT2D eigenvalue weighted by Gasteiger charge is 2.45. The molecule has 0 N–H and O–H groups in total. The summed E-state index contributed by atoms with van der Waals surface area (Å²) >= 11 is 0. The summed E-state index contributed by atoms with van der Waals surface area (Å²) < 4.78 is 0.